The van der Waals surface area contributed by atoms with Crippen molar-refractivity contribution >= 4 is 11.6 Å². The summed E-state index contributed by atoms with van der Waals surface area (Å²) < 4.78 is 5.46. The number of nitrogens with zero attached hydrogens (tertiary/aromatic N) is 3. The van der Waals surface area contributed by atoms with E-state index in [1.165, 1.54) is 0 Å². The third-order valence-corrected chi connectivity index (χ3v) is 2.33. The van der Waals surface area contributed by atoms with Gasteiger partial charge >= 0.3 is 0 Å². The Labute approximate surface area is 103 Å². The lowest BCUT2D eigenvalue weighted by atomic mass is 10.2. The number of aromatic nitrogens is 2. The van der Waals surface area contributed by atoms with Crippen LogP contribution in [0.4, 0.5) is 0 Å². The molecule has 0 aliphatic rings. The van der Waals surface area contributed by atoms with Crippen molar-refractivity contribution in [1.82, 2.24) is 9.97 Å². The number of hydrogen-bond acceptors (Lipinski definition) is 4. The second-order valence-corrected chi connectivity index (χ2v) is 3.62. The minimum absolute atomic E-state index is 0.243. The Morgan fingerprint density at radius 2 is 2.06 bits per heavy atom. The maximum absolute atomic E-state index is 8.69. The van der Waals surface area contributed by atoms with Gasteiger partial charge in [-0.2, -0.15) is 5.26 Å². The summed E-state index contributed by atoms with van der Waals surface area (Å²) in [5, 5.41) is 9.09. The lowest BCUT2D eigenvalue weighted by Gasteiger charge is -2.06. The molecule has 0 unspecified atom stereocenters. The Hall–Kier alpha value is -2.12. The Balaban J connectivity index is 2.08. The van der Waals surface area contributed by atoms with Crippen molar-refractivity contribution in [2.75, 3.05) is 0 Å². The molecule has 2 rings (SSSR count). The fourth-order valence-electron chi connectivity index (χ4n) is 1.23. The highest BCUT2D eigenvalue weighted by molar-refractivity contribution is 6.32. The average Bonchev–Trinajstić information content (AvgIpc) is 2.38. The first-order valence-electron chi connectivity index (χ1n) is 4.88. The summed E-state index contributed by atoms with van der Waals surface area (Å²) in [6.45, 7) is 0.243. The topological polar surface area (TPSA) is 58.8 Å². The SMILES string of the molecule is N#Cc1ccc(OCc2ncccn2)c(Cl)c1. The van der Waals surface area contributed by atoms with E-state index in [4.69, 9.17) is 21.6 Å². The molecule has 0 radical (unpaired) electrons. The van der Waals surface area contributed by atoms with Crippen molar-refractivity contribution in [2.45, 2.75) is 6.61 Å². The molecular formula is C12H8ClN3O. The second-order valence-electron chi connectivity index (χ2n) is 3.21. The molecule has 4 nitrogen and oxygen atoms in total. The van der Waals surface area contributed by atoms with Crippen LogP contribution in [0.15, 0.2) is 36.7 Å². The smallest absolute Gasteiger partial charge is 0.166 e. The third-order valence-electron chi connectivity index (χ3n) is 2.04. The molecule has 1 aromatic carbocycles. The molecule has 0 atom stereocenters. The van der Waals surface area contributed by atoms with Gasteiger partial charge in [0.25, 0.3) is 0 Å². The summed E-state index contributed by atoms with van der Waals surface area (Å²) >= 11 is 5.96. The van der Waals surface area contributed by atoms with Gasteiger partial charge in [0, 0.05) is 12.4 Å². The molecular weight excluding hydrogens is 238 g/mol. The molecule has 0 aliphatic heterocycles. The fourth-order valence-corrected chi connectivity index (χ4v) is 1.47. The molecule has 0 fully saturated rings. The van der Waals surface area contributed by atoms with Crippen LogP contribution in [0.5, 0.6) is 5.75 Å². The normalized spacial score (nSPS) is 9.65. The van der Waals surface area contributed by atoms with Gasteiger partial charge in [-0.25, -0.2) is 9.97 Å². The van der Waals surface area contributed by atoms with Gasteiger partial charge in [0.2, 0.25) is 0 Å². The van der Waals surface area contributed by atoms with Gasteiger partial charge in [0.15, 0.2) is 5.82 Å². The molecule has 0 spiro atoms. The lowest BCUT2D eigenvalue weighted by molar-refractivity contribution is 0.296. The second kappa shape index (κ2) is 5.28. The van der Waals surface area contributed by atoms with Crippen LogP contribution in [0.2, 0.25) is 5.02 Å². The molecule has 5 heteroatoms. The van der Waals surface area contributed by atoms with Crippen molar-refractivity contribution < 1.29 is 4.74 Å². The zero-order valence-electron chi connectivity index (χ0n) is 8.80. The van der Waals surface area contributed by atoms with Crippen molar-refractivity contribution in [2.24, 2.45) is 0 Å². The summed E-state index contributed by atoms with van der Waals surface area (Å²) in [7, 11) is 0. The van der Waals surface area contributed by atoms with E-state index in [9.17, 15) is 0 Å². The summed E-state index contributed by atoms with van der Waals surface area (Å²) in [6, 6.07) is 8.60. The lowest BCUT2D eigenvalue weighted by Crippen LogP contribution is -2.00. The van der Waals surface area contributed by atoms with E-state index in [-0.39, 0.29) is 6.61 Å². The van der Waals surface area contributed by atoms with Gasteiger partial charge in [-0.1, -0.05) is 11.6 Å². The molecule has 0 aliphatic carbocycles. The van der Waals surface area contributed by atoms with Crippen LogP contribution in [-0.2, 0) is 6.61 Å². The predicted molar refractivity (Wildman–Crippen MR) is 62.5 cm³/mol. The van der Waals surface area contributed by atoms with Crippen LogP contribution in [0.1, 0.15) is 11.4 Å². The van der Waals surface area contributed by atoms with Gasteiger partial charge in [-0.3, -0.25) is 0 Å². The molecule has 2 aromatic rings. The third kappa shape index (κ3) is 2.92. The first-order chi connectivity index (χ1) is 8.29. The van der Waals surface area contributed by atoms with Crippen molar-refractivity contribution in [1.29, 1.82) is 5.26 Å². The largest absolute Gasteiger partial charge is 0.484 e. The van der Waals surface area contributed by atoms with Gasteiger partial charge in [-0.05, 0) is 24.3 Å². The van der Waals surface area contributed by atoms with E-state index < -0.39 is 0 Å². The van der Waals surface area contributed by atoms with E-state index in [1.54, 1.807) is 36.7 Å². The summed E-state index contributed by atoms with van der Waals surface area (Å²) in [6.07, 6.45) is 3.29. The van der Waals surface area contributed by atoms with Crippen LogP contribution in [-0.4, -0.2) is 9.97 Å². The van der Waals surface area contributed by atoms with Crippen LogP contribution in [0, 0.1) is 11.3 Å². The number of hydrogen-bond donors (Lipinski definition) is 0. The van der Waals surface area contributed by atoms with Crippen LogP contribution < -0.4 is 4.74 Å². The molecule has 1 heterocycles. The highest BCUT2D eigenvalue weighted by Gasteiger charge is 2.04. The molecule has 1 aromatic heterocycles. The van der Waals surface area contributed by atoms with Crippen LogP contribution >= 0.6 is 11.6 Å². The van der Waals surface area contributed by atoms with E-state index in [0.29, 0.717) is 22.2 Å². The van der Waals surface area contributed by atoms with E-state index in [1.807, 2.05) is 6.07 Å². The van der Waals surface area contributed by atoms with Gasteiger partial charge in [0.05, 0.1) is 16.7 Å². The summed E-state index contributed by atoms with van der Waals surface area (Å²) in [5.74, 6) is 1.09. The Morgan fingerprint density at radius 1 is 1.29 bits per heavy atom. The number of ether oxygens (including phenoxy) is 1. The van der Waals surface area contributed by atoms with Gasteiger partial charge in [0.1, 0.15) is 12.4 Å². The van der Waals surface area contributed by atoms with E-state index >= 15 is 0 Å². The molecule has 0 saturated carbocycles. The van der Waals surface area contributed by atoms with Crippen molar-refractivity contribution in [3.63, 3.8) is 0 Å². The fraction of sp³-hybridized carbons (Fsp3) is 0.0833. The predicted octanol–water partition coefficient (Wildman–Crippen LogP) is 2.58. The monoisotopic (exact) mass is 245 g/mol. The first-order valence-corrected chi connectivity index (χ1v) is 5.26. The number of rotatable bonds is 3. The summed E-state index contributed by atoms with van der Waals surface area (Å²) in [4.78, 5) is 8.05. The zero-order chi connectivity index (χ0) is 12.1. The van der Waals surface area contributed by atoms with Crippen molar-refractivity contribution in [3.8, 4) is 11.8 Å². The molecule has 0 amide bonds. The minimum atomic E-state index is 0.243. The molecule has 84 valence electrons. The molecule has 0 N–H and O–H groups in total. The molecule has 17 heavy (non-hydrogen) atoms. The maximum Gasteiger partial charge on any atom is 0.166 e. The van der Waals surface area contributed by atoms with Gasteiger partial charge < -0.3 is 4.74 Å². The molecule has 0 saturated heterocycles. The highest BCUT2D eigenvalue weighted by Crippen LogP contribution is 2.25. The first kappa shape index (κ1) is 11.4. The zero-order valence-corrected chi connectivity index (χ0v) is 9.55. The van der Waals surface area contributed by atoms with Crippen LogP contribution in [0.3, 0.4) is 0 Å². The average molecular weight is 246 g/mol. The standard InChI is InChI=1S/C12H8ClN3O/c13-10-6-9(7-14)2-3-11(10)17-8-12-15-4-1-5-16-12/h1-6H,8H2. The number of benzene rings is 1. The van der Waals surface area contributed by atoms with E-state index in [2.05, 4.69) is 9.97 Å². The Kier molecular flexibility index (Phi) is 3.53. The van der Waals surface area contributed by atoms with Gasteiger partial charge in [-0.15, -0.1) is 0 Å². The summed E-state index contributed by atoms with van der Waals surface area (Å²) in [5.41, 5.74) is 0.498. The number of halogens is 1. The minimum Gasteiger partial charge on any atom is -0.484 e. The van der Waals surface area contributed by atoms with Crippen molar-refractivity contribution in [3.05, 3.63) is 53.1 Å². The number of nitriles is 1. The van der Waals surface area contributed by atoms with E-state index in [0.717, 1.165) is 0 Å². The maximum atomic E-state index is 8.69. The quantitative estimate of drug-likeness (QED) is 0.834. The molecule has 0 bridgehead atoms. The Morgan fingerprint density at radius 3 is 2.71 bits per heavy atom. The Bertz CT molecular complexity index is 551. The highest BCUT2D eigenvalue weighted by atomic mass is 35.5. The van der Waals surface area contributed by atoms with Crippen LogP contribution in [0.25, 0.3) is 0 Å².